The number of hydrogen-bond acceptors (Lipinski definition) is 2. The summed E-state index contributed by atoms with van der Waals surface area (Å²) in [5.74, 6) is -0.593. The number of halogens is 2. The van der Waals surface area contributed by atoms with Gasteiger partial charge in [-0.1, -0.05) is 0 Å². The van der Waals surface area contributed by atoms with Crippen molar-refractivity contribution >= 4 is 0 Å². The first-order chi connectivity index (χ1) is 4.66. The van der Waals surface area contributed by atoms with Crippen molar-refractivity contribution in [2.75, 3.05) is 6.61 Å². The molecule has 2 nitrogen and oxygen atoms in total. The summed E-state index contributed by atoms with van der Waals surface area (Å²) in [7, 11) is 0. The highest BCUT2D eigenvalue weighted by molar-refractivity contribution is 4.93. The second-order valence-corrected chi connectivity index (χ2v) is 2.73. The molecule has 1 aliphatic rings. The van der Waals surface area contributed by atoms with Crippen molar-refractivity contribution < 1.29 is 13.9 Å². The number of nitrogens with two attached hydrogens (primary N) is 1. The van der Waals surface area contributed by atoms with Crippen molar-refractivity contribution in [2.45, 2.75) is 24.8 Å². The monoisotopic (exact) mass is 151 g/mol. The Labute approximate surface area is 58.0 Å². The summed E-state index contributed by atoms with van der Waals surface area (Å²) in [6.07, 6.45) is -2.91. The van der Waals surface area contributed by atoms with Gasteiger partial charge < -0.3 is 10.8 Å². The molecule has 60 valence electrons. The Bertz CT molecular complexity index is 122. The van der Waals surface area contributed by atoms with Crippen LogP contribution in [0.3, 0.4) is 0 Å². The molecule has 3 N–H and O–H groups in total. The third kappa shape index (κ3) is 1.13. The zero-order valence-electron chi connectivity index (χ0n) is 5.50. The fourth-order valence-corrected chi connectivity index (χ4v) is 1.28. The van der Waals surface area contributed by atoms with Crippen LogP contribution in [0.25, 0.3) is 0 Å². The first kappa shape index (κ1) is 7.88. The van der Waals surface area contributed by atoms with Crippen LogP contribution in [0.4, 0.5) is 8.78 Å². The minimum Gasteiger partial charge on any atom is -0.396 e. The SMILES string of the molecule is N[C@H]1C[C@@H](CO)[C@H](F)[C@@H]1F. The smallest absolute Gasteiger partial charge is 0.146 e. The van der Waals surface area contributed by atoms with E-state index in [0.29, 0.717) is 0 Å². The van der Waals surface area contributed by atoms with Crippen LogP contribution < -0.4 is 5.73 Å². The predicted molar refractivity (Wildman–Crippen MR) is 33.0 cm³/mol. The van der Waals surface area contributed by atoms with E-state index in [0.717, 1.165) is 0 Å². The molecule has 0 aromatic rings. The molecule has 0 aromatic carbocycles. The van der Waals surface area contributed by atoms with Crippen molar-refractivity contribution in [1.29, 1.82) is 0 Å². The summed E-state index contributed by atoms with van der Waals surface area (Å²) >= 11 is 0. The van der Waals surface area contributed by atoms with Gasteiger partial charge in [0, 0.05) is 18.6 Å². The number of rotatable bonds is 1. The van der Waals surface area contributed by atoms with Gasteiger partial charge in [0.05, 0.1) is 0 Å². The first-order valence-corrected chi connectivity index (χ1v) is 3.31. The van der Waals surface area contributed by atoms with Crippen LogP contribution in [0.5, 0.6) is 0 Å². The van der Waals surface area contributed by atoms with Gasteiger partial charge in [0.25, 0.3) is 0 Å². The fraction of sp³-hybridized carbons (Fsp3) is 1.00. The minimum absolute atomic E-state index is 0.249. The Morgan fingerprint density at radius 1 is 1.40 bits per heavy atom. The summed E-state index contributed by atoms with van der Waals surface area (Å²) in [4.78, 5) is 0. The van der Waals surface area contributed by atoms with E-state index in [-0.39, 0.29) is 13.0 Å². The van der Waals surface area contributed by atoms with E-state index in [1.807, 2.05) is 0 Å². The van der Waals surface area contributed by atoms with Crippen molar-refractivity contribution in [1.82, 2.24) is 0 Å². The van der Waals surface area contributed by atoms with Gasteiger partial charge in [0.2, 0.25) is 0 Å². The molecule has 0 unspecified atom stereocenters. The van der Waals surface area contributed by atoms with Gasteiger partial charge in [-0.3, -0.25) is 0 Å². The average molecular weight is 151 g/mol. The summed E-state index contributed by atoms with van der Waals surface area (Å²) in [5.41, 5.74) is 5.21. The van der Waals surface area contributed by atoms with Crippen molar-refractivity contribution in [3.8, 4) is 0 Å². The molecule has 0 saturated heterocycles. The van der Waals surface area contributed by atoms with Gasteiger partial charge in [0.15, 0.2) is 0 Å². The Balaban J connectivity index is 2.53. The highest BCUT2D eigenvalue weighted by Gasteiger charge is 2.41. The number of aliphatic hydroxyl groups is 1. The number of hydrogen-bond donors (Lipinski definition) is 2. The molecule has 1 rings (SSSR count). The van der Waals surface area contributed by atoms with Gasteiger partial charge >= 0.3 is 0 Å². The van der Waals surface area contributed by atoms with E-state index in [4.69, 9.17) is 10.8 Å². The highest BCUT2D eigenvalue weighted by Crippen LogP contribution is 2.29. The van der Waals surface area contributed by atoms with Crippen LogP contribution in [-0.2, 0) is 0 Å². The van der Waals surface area contributed by atoms with Crippen LogP contribution in [0.15, 0.2) is 0 Å². The summed E-state index contributed by atoms with van der Waals surface area (Å²) in [5, 5.41) is 8.51. The molecule has 1 aliphatic carbocycles. The lowest BCUT2D eigenvalue weighted by molar-refractivity contribution is 0.117. The summed E-state index contributed by atoms with van der Waals surface area (Å²) < 4.78 is 25.2. The van der Waals surface area contributed by atoms with Crippen molar-refractivity contribution in [3.05, 3.63) is 0 Å². The van der Waals surface area contributed by atoms with Crippen LogP contribution in [0, 0.1) is 5.92 Å². The third-order valence-corrected chi connectivity index (χ3v) is 1.97. The Morgan fingerprint density at radius 2 is 2.00 bits per heavy atom. The van der Waals surface area contributed by atoms with Crippen LogP contribution >= 0.6 is 0 Å². The van der Waals surface area contributed by atoms with Crippen LogP contribution in [0.1, 0.15) is 6.42 Å². The molecule has 4 heteroatoms. The molecule has 0 heterocycles. The lowest BCUT2D eigenvalue weighted by atomic mass is 10.1. The average Bonchev–Trinajstić information content (AvgIpc) is 2.17. The molecule has 0 amide bonds. The normalized spacial score (nSPS) is 48.0. The maximum absolute atomic E-state index is 12.6. The largest absolute Gasteiger partial charge is 0.396 e. The van der Waals surface area contributed by atoms with Crippen molar-refractivity contribution in [2.24, 2.45) is 11.7 Å². The number of alkyl halides is 2. The van der Waals surface area contributed by atoms with Gasteiger partial charge in [0.1, 0.15) is 12.3 Å². The Morgan fingerprint density at radius 3 is 2.20 bits per heavy atom. The lowest BCUT2D eigenvalue weighted by Crippen LogP contribution is -2.30. The second kappa shape index (κ2) is 2.80. The summed E-state index contributed by atoms with van der Waals surface area (Å²) in [6.45, 7) is -0.310. The first-order valence-electron chi connectivity index (χ1n) is 3.31. The molecular formula is C6H11F2NO. The number of aliphatic hydroxyl groups excluding tert-OH is 1. The van der Waals surface area contributed by atoms with Crippen LogP contribution in [0.2, 0.25) is 0 Å². The van der Waals surface area contributed by atoms with E-state index in [2.05, 4.69) is 0 Å². The Hall–Kier alpha value is -0.220. The van der Waals surface area contributed by atoms with Gasteiger partial charge in [-0.05, 0) is 6.42 Å². The molecule has 0 aromatic heterocycles. The van der Waals surface area contributed by atoms with Crippen LogP contribution in [-0.4, -0.2) is 30.1 Å². The maximum atomic E-state index is 12.6. The minimum atomic E-state index is -1.59. The van der Waals surface area contributed by atoms with Gasteiger partial charge in [-0.2, -0.15) is 0 Å². The third-order valence-electron chi connectivity index (χ3n) is 1.97. The maximum Gasteiger partial charge on any atom is 0.146 e. The molecule has 1 fully saturated rings. The predicted octanol–water partition coefficient (Wildman–Crippen LogP) is 0.00210. The molecule has 10 heavy (non-hydrogen) atoms. The van der Waals surface area contributed by atoms with E-state index in [1.165, 1.54) is 0 Å². The molecule has 0 aliphatic heterocycles. The summed E-state index contributed by atoms with van der Waals surface area (Å²) in [6, 6.07) is -0.729. The quantitative estimate of drug-likeness (QED) is 0.554. The highest BCUT2D eigenvalue weighted by atomic mass is 19.2. The second-order valence-electron chi connectivity index (χ2n) is 2.73. The van der Waals surface area contributed by atoms with Gasteiger partial charge in [-0.15, -0.1) is 0 Å². The molecule has 0 spiro atoms. The molecular weight excluding hydrogens is 140 g/mol. The topological polar surface area (TPSA) is 46.2 Å². The van der Waals surface area contributed by atoms with E-state index in [9.17, 15) is 8.78 Å². The molecule has 0 radical (unpaired) electrons. The van der Waals surface area contributed by atoms with Crippen molar-refractivity contribution in [3.63, 3.8) is 0 Å². The van der Waals surface area contributed by atoms with E-state index in [1.54, 1.807) is 0 Å². The zero-order valence-corrected chi connectivity index (χ0v) is 5.50. The van der Waals surface area contributed by atoms with E-state index >= 15 is 0 Å². The van der Waals surface area contributed by atoms with E-state index < -0.39 is 24.3 Å². The Kier molecular flexibility index (Phi) is 2.21. The molecule has 4 atom stereocenters. The lowest BCUT2D eigenvalue weighted by Gasteiger charge is -2.08. The molecule has 1 saturated carbocycles. The van der Waals surface area contributed by atoms with Gasteiger partial charge in [-0.25, -0.2) is 8.78 Å². The zero-order chi connectivity index (χ0) is 7.72. The fourth-order valence-electron chi connectivity index (χ4n) is 1.28. The standard InChI is InChI=1S/C6H11F2NO/c7-5-3(2-10)1-4(9)6(5)8/h3-6,10H,1-2,9H2/t3-,4-,5-,6+/m0/s1. The molecule has 0 bridgehead atoms.